The minimum absolute atomic E-state index is 0.580. The predicted molar refractivity (Wildman–Crippen MR) is 66.2 cm³/mol. The van der Waals surface area contributed by atoms with Gasteiger partial charge in [0, 0.05) is 12.3 Å². The van der Waals surface area contributed by atoms with Crippen molar-refractivity contribution in [3.63, 3.8) is 0 Å². The number of nitrogens with zero attached hydrogens (tertiary/aromatic N) is 1. The van der Waals surface area contributed by atoms with Crippen LogP contribution in [-0.2, 0) is 14.2 Å². The predicted octanol–water partition coefficient (Wildman–Crippen LogP) is -0.756. The molecular weight excluding hydrogens is 287 g/mol. The number of hydrogen-bond donors (Lipinski definition) is 2. The van der Waals surface area contributed by atoms with Crippen LogP contribution in [0.3, 0.4) is 0 Å². The van der Waals surface area contributed by atoms with Crippen molar-refractivity contribution in [2.45, 2.75) is 43.9 Å². The van der Waals surface area contributed by atoms with E-state index in [1.54, 1.807) is 13.8 Å². The van der Waals surface area contributed by atoms with Crippen LogP contribution in [0, 0.1) is 0 Å². The summed E-state index contributed by atoms with van der Waals surface area (Å²) >= 11 is 0. The third-order valence-electron chi connectivity index (χ3n) is 3.49. The number of halogens is 1. The van der Waals surface area contributed by atoms with Crippen molar-refractivity contribution in [2.75, 3.05) is 6.61 Å². The molecule has 3 heterocycles. The fourth-order valence-electron chi connectivity index (χ4n) is 2.64. The quantitative estimate of drug-likeness (QED) is 0.745. The normalized spacial score (nSPS) is 37.6. The Bertz CT molecular complexity index is 670. The highest BCUT2D eigenvalue weighted by Crippen LogP contribution is 2.48. The molecule has 9 heteroatoms. The Morgan fingerprint density at radius 1 is 1.38 bits per heavy atom. The van der Waals surface area contributed by atoms with Crippen molar-refractivity contribution >= 4 is 0 Å². The number of rotatable bonds is 2. The zero-order valence-corrected chi connectivity index (χ0v) is 11.4. The summed E-state index contributed by atoms with van der Waals surface area (Å²) in [5.41, 5.74) is -1.34. The lowest BCUT2D eigenvalue weighted by Crippen LogP contribution is -2.42. The van der Waals surface area contributed by atoms with Crippen LogP contribution in [-0.4, -0.2) is 45.1 Å². The molecule has 2 aliphatic heterocycles. The molecule has 21 heavy (non-hydrogen) atoms. The average Bonchev–Trinajstić information content (AvgIpc) is 2.84. The van der Waals surface area contributed by atoms with E-state index in [2.05, 4.69) is 4.98 Å². The first-order chi connectivity index (χ1) is 9.76. The highest BCUT2D eigenvalue weighted by Gasteiger charge is 2.64. The van der Waals surface area contributed by atoms with Gasteiger partial charge in [-0.05, 0) is 13.8 Å². The van der Waals surface area contributed by atoms with Crippen molar-refractivity contribution in [1.82, 2.24) is 9.55 Å². The van der Waals surface area contributed by atoms with Gasteiger partial charge in [-0.2, -0.15) is 0 Å². The SMILES string of the molecule is CC1(C)OC2[C@H](O1)[C@H](n1ccc(=O)[nH]c1=O)O[C@]2(F)CO. The fraction of sp³-hybridized carbons (Fsp3) is 0.667. The lowest BCUT2D eigenvalue weighted by atomic mass is 10.1. The van der Waals surface area contributed by atoms with Crippen LogP contribution < -0.4 is 11.2 Å². The number of fused-ring (bicyclic) bond motifs is 1. The van der Waals surface area contributed by atoms with Gasteiger partial charge >= 0.3 is 5.69 Å². The topological polar surface area (TPSA) is 103 Å². The minimum Gasteiger partial charge on any atom is -0.390 e. The Morgan fingerprint density at radius 2 is 2.10 bits per heavy atom. The number of alkyl halides is 1. The molecule has 1 aromatic heterocycles. The molecule has 0 aliphatic carbocycles. The van der Waals surface area contributed by atoms with Gasteiger partial charge in [0.15, 0.2) is 18.1 Å². The number of aromatic nitrogens is 2. The van der Waals surface area contributed by atoms with Gasteiger partial charge in [0.05, 0.1) is 0 Å². The molecule has 0 spiro atoms. The van der Waals surface area contributed by atoms with Crippen LogP contribution in [0.5, 0.6) is 0 Å². The maximum atomic E-state index is 14.6. The molecule has 1 unspecified atom stereocenters. The molecule has 2 fully saturated rings. The monoisotopic (exact) mass is 302 g/mol. The van der Waals surface area contributed by atoms with Gasteiger partial charge in [-0.25, -0.2) is 9.18 Å². The van der Waals surface area contributed by atoms with Crippen LogP contribution >= 0.6 is 0 Å². The van der Waals surface area contributed by atoms with Gasteiger partial charge in [-0.1, -0.05) is 0 Å². The first-order valence-electron chi connectivity index (χ1n) is 6.40. The summed E-state index contributed by atoms with van der Waals surface area (Å²) in [5.74, 6) is -3.56. The summed E-state index contributed by atoms with van der Waals surface area (Å²) in [4.78, 5) is 25.0. The zero-order valence-electron chi connectivity index (χ0n) is 11.4. The highest BCUT2D eigenvalue weighted by molar-refractivity contribution is 5.02. The third kappa shape index (κ3) is 2.22. The standard InChI is InChI=1S/C12H15FN2O6/c1-11(2)19-7-8(20-11)12(13,5-16)21-9(7)15-4-3-6(17)14-10(15)18/h3-4,7-9,16H,5H2,1-2H3,(H,14,17,18)/t7-,8?,9+,12+/m0/s1. The fourth-order valence-corrected chi connectivity index (χ4v) is 2.64. The molecule has 116 valence electrons. The van der Waals surface area contributed by atoms with Gasteiger partial charge < -0.3 is 19.3 Å². The zero-order chi connectivity index (χ0) is 15.4. The molecule has 0 saturated carbocycles. The van der Waals surface area contributed by atoms with E-state index in [-0.39, 0.29) is 0 Å². The first kappa shape index (κ1) is 14.4. The van der Waals surface area contributed by atoms with Gasteiger partial charge in [-0.3, -0.25) is 14.3 Å². The van der Waals surface area contributed by atoms with E-state index in [0.717, 1.165) is 10.6 Å². The maximum absolute atomic E-state index is 14.6. The summed E-state index contributed by atoms with van der Waals surface area (Å²) in [6.07, 6.45) is -2.08. The molecule has 0 amide bonds. The number of ether oxygens (including phenoxy) is 3. The highest BCUT2D eigenvalue weighted by atomic mass is 19.2. The molecule has 2 N–H and O–H groups in total. The Morgan fingerprint density at radius 3 is 2.71 bits per heavy atom. The number of aromatic amines is 1. The van der Waals surface area contributed by atoms with E-state index in [9.17, 15) is 19.1 Å². The van der Waals surface area contributed by atoms with E-state index >= 15 is 0 Å². The lowest BCUT2D eigenvalue weighted by molar-refractivity contribution is -0.265. The lowest BCUT2D eigenvalue weighted by Gasteiger charge is -2.27. The molecule has 4 atom stereocenters. The molecular formula is C12H15FN2O6. The molecule has 0 aromatic carbocycles. The van der Waals surface area contributed by atoms with E-state index in [1.165, 1.54) is 6.20 Å². The molecule has 0 radical (unpaired) electrons. The number of aliphatic hydroxyl groups is 1. The Kier molecular flexibility index (Phi) is 3.06. The summed E-state index contributed by atoms with van der Waals surface area (Å²) < 4.78 is 31.8. The van der Waals surface area contributed by atoms with Crippen molar-refractivity contribution in [2.24, 2.45) is 0 Å². The number of H-pyrrole nitrogens is 1. The Balaban J connectivity index is 2.04. The molecule has 8 nitrogen and oxygen atoms in total. The molecule has 2 aliphatic rings. The second kappa shape index (κ2) is 4.47. The van der Waals surface area contributed by atoms with E-state index in [1.807, 2.05) is 0 Å². The van der Waals surface area contributed by atoms with Crippen molar-refractivity contribution in [3.05, 3.63) is 33.1 Å². The molecule has 3 rings (SSSR count). The van der Waals surface area contributed by atoms with Crippen LogP contribution in [0.4, 0.5) is 4.39 Å². The van der Waals surface area contributed by atoms with Crippen molar-refractivity contribution in [1.29, 1.82) is 0 Å². The summed E-state index contributed by atoms with van der Waals surface area (Å²) in [6, 6.07) is 1.11. The molecule has 0 bridgehead atoms. The van der Waals surface area contributed by atoms with Gasteiger partial charge in [0.2, 0.25) is 0 Å². The first-order valence-corrected chi connectivity index (χ1v) is 6.40. The van der Waals surface area contributed by atoms with Gasteiger partial charge in [-0.15, -0.1) is 0 Å². The van der Waals surface area contributed by atoms with E-state index in [0.29, 0.717) is 0 Å². The third-order valence-corrected chi connectivity index (χ3v) is 3.49. The number of aliphatic hydroxyl groups excluding tert-OH is 1. The van der Waals surface area contributed by atoms with E-state index in [4.69, 9.17) is 14.2 Å². The van der Waals surface area contributed by atoms with Gasteiger partial charge in [0.1, 0.15) is 12.7 Å². The van der Waals surface area contributed by atoms with Crippen LogP contribution in [0.15, 0.2) is 21.9 Å². The summed E-state index contributed by atoms with van der Waals surface area (Å²) in [5, 5.41) is 9.24. The smallest absolute Gasteiger partial charge is 0.330 e. The Hall–Kier alpha value is -1.55. The molecule has 2 saturated heterocycles. The van der Waals surface area contributed by atoms with Crippen molar-refractivity contribution in [3.8, 4) is 0 Å². The van der Waals surface area contributed by atoms with Crippen LogP contribution in [0.25, 0.3) is 0 Å². The number of hydrogen-bond acceptors (Lipinski definition) is 6. The van der Waals surface area contributed by atoms with Crippen LogP contribution in [0.1, 0.15) is 20.1 Å². The Labute approximate surface area is 118 Å². The largest absolute Gasteiger partial charge is 0.390 e. The van der Waals surface area contributed by atoms with Crippen LogP contribution in [0.2, 0.25) is 0 Å². The second-order valence-electron chi connectivity index (χ2n) is 5.49. The second-order valence-corrected chi connectivity index (χ2v) is 5.49. The molecule has 1 aromatic rings. The van der Waals surface area contributed by atoms with E-state index < -0.39 is 47.9 Å². The average molecular weight is 302 g/mol. The van der Waals surface area contributed by atoms with Gasteiger partial charge in [0.25, 0.3) is 11.4 Å². The minimum atomic E-state index is -2.49. The van der Waals surface area contributed by atoms with Crippen molar-refractivity contribution < 1.29 is 23.7 Å². The summed E-state index contributed by atoms with van der Waals surface area (Å²) in [7, 11) is 0. The maximum Gasteiger partial charge on any atom is 0.330 e. The number of nitrogens with one attached hydrogen (secondary N) is 1. The summed E-state index contributed by atoms with van der Waals surface area (Å²) in [6.45, 7) is 2.24.